The number of carbonyl (C=O) groups excluding carboxylic acids is 2. The summed E-state index contributed by atoms with van der Waals surface area (Å²) in [6, 6.07) is 0. The van der Waals surface area contributed by atoms with E-state index >= 15 is 0 Å². The molecule has 1 aliphatic heterocycles. The van der Waals surface area contributed by atoms with Gasteiger partial charge in [-0.05, 0) is 19.3 Å². The Balaban J connectivity index is 2.16. The summed E-state index contributed by atoms with van der Waals surface area (Å²) in [5.74, 6) is 0.920. The van der Waals surface area contributed by atoms with Gasteiger partial charge in [0.05, 0.1) is 5.92 Å². The fourth-order valence-electron chi connectivity index (χ4n) is 4.50. The monoisotopic (exact) mass is 408 g/mol. The molecule has 4 heteroatoms. The quantitative estimate of drug-likeness (QED) is 0.279. The molecule has 0 aromatic heterocycles. The molecule has 2 atom stereocenters. The standard InChI is InChI=1S/C25H48N2O2/c1-4-7-9-10-11-13-17-22(16-12-8-5-2)18-14-15-19-26-25(29)23-20-24(28)27(6-3)21-23/h22-23H,4-21H2,1-3H3,(H,26,29). The average Bonchev–Trinajstić information content (AvgIpc) is 3.10. The summed E-state index contributed by atoms with van der Waals surface area (Å²) in [6.07, 6.45) is 19.1. The number of nitrogens with zero attached hydrogens (tertiary/aromatic N) is 1. The van der Waals surface area contributed by atoms with Gasteiger partial charge in [-0.25, -0.2) is 0 Å². The van der Waals surface area contributed by atoms with Crippen molar-refractivity contribution in [3.05, 3.63) is 0 Å². The zero-order valence-corrected chi connectivity index (χ0v) is 19.6. The van der Waals surface area contributed by atoms with Crippen LogP contribution in [0.5, 0.6) is 0 Å². The molecule has 1 rings (SSSR count). The third kappa shape index (κ3) is 11.6. The molecule has 2 unspecified atom stereocenters. The molecule has 0 aliphatic carbocycles. The highest BCUT2D eigenvalue weighted by Gasteiger charge is 2.32. The zero-order valence-electron chi connectivity index (χ0n) is 19.6. The lowest BCUT2D eigenvalue weighted by Gasteiger charge is -2.17. The number of amides is 2. The second-order valence-corrected chi connectivity index (χ2v) is 9.04. The summed E-state index contributed by atoms with van der Waals surface area (Å²) in [5, 5.41) is 3.07. The summed E-state index contributed by atoms with van der Waals surface area (Å²) in [6.45, 7) is 8.59. The normalized spacial score (nSPS) is 17.7. The Kier molecular flexibility index (Phi) is 15.0. The number of rotatable bonds is 18. The molecular formula is C25H48N2O2. The molecule has 0 aromatic carbocycles. The number of hydrogen-bond donors (Lipinski definition) is 1. The van der Waals surface area contributed by atoms with Gasteiger partial charge < -0.3 is 10.2 Å². The van der Waals surface area contributed by atoms with Crippen molar-refractivity contribution in [3.8, 4) is 0 Å². The molecule has 170 valence electrons. The highest BCUT2D eigenvalue weighted by molar-refractivity contribution is 5.89. The fraction of sp³-hybridized carbons (Fsp3) is 0.920. The summed E-state index contributed by atoms with van der Waals surface area (Å²) in [5.41, 5.74) is 0. The van der Waals surface area contributed by atoms with E-state index in [1.807, 2.05) is 6.92 Å². The number of carbonyl (C=O) groups is 2. The van der Waals surface area contributed by atoms with Crippen molar-refractivity contribution in [1.29, 1.82) is 0 Å². The van der Waals surface area contributed by atoms with Gasteiger partial charge in [0, 0.05) is 26.1 Å². The van der Waals surface area contributed by atoms with Gasteiger partial charge in [-0.1, -0.05) is 97.3 Å². The van der Waals surface area contributed by atoms with E-state index in [-0.39, 0.29) is 17.7 Å². The Hall–Kier alpha value is -1.06. The number of unbranched alkanes of at least 4 members (excludes halogenated alkanes) is 8. The van der Waals surface area contributed by atoms with Crippen molar-refractivity contribution < 1.29 is 9.59 Å². The van der Waals surface area contributed by atoms with E-state index in [9.17, 15) is 9.59 Å². The van der Waals surface area contributed by atoms with Crippen LogP contribution in [0.4, 0.5) is 0 Å². The number of hydrogen-bond acceptors (Lipinski definition) is 2. The maximum Gasteiger partial charge on any atom is 0.225 e. The Labute approximate surface area is 180 Å². The molecule has 1 fully saturated rings. The zero-order chi connectivity index (χ0) is 21.3. The lowest BCUT2D eigenvalue weighted by atomic mass is 9.90. The molecule has 0 spiro atoms. The lowest BCUT2D eigenvalue weighted by Crippen LogP contribution is -2.33. The maximum absolute atomic E-state index is 12.3. The molecular weight excluding hydrogens is 360 g/mol. The topological polar surface area (TPSA) is 49.4 Å². The molecule has 1 N–H and O–H groups in total. The Bertz CT molecular complexity index is 439. The Morgan fingerprint density at radius 1 is 0.897 bits per heavy atom. The first kappa shape index (κ1) is 26.0. The third-order valence-corrected chi connectivity index (χ3v) is 6.49. The van der Waals surface area contributed by atoms with Gasteiger partial charge in [0.1, 0.15) is 0 Å². The molecule has 1 heterocycles. The van der Waals surface area contributed by atoms with Gasteiger partial charge in [0.15, 0.2) is 0 Å². The van der Waals surface area contributed by atoms with Crippen molar-refractivity contribution in [1.82, 2.24) is 10.2 Å². The first-order valence-corrected chi connectivity index (χ1v) is 12.7. The van der Waals surface area contributed by atoms with Crippen molar-refractivity contribution in [3.63, 3.8) is 0 Å². The second kappa shape index (κ2) is 16.7. The largest absolute Gasteiger partial charge is 0.356 e. The smallest absolute Gasteiger partial charge is 0.225 e. The van der Waals surface area contributed by atoms with Gasteiger partial charge in [0.25, 0.3) is 0 Å². The van der Waals surface area contributed by atoms with Gasteiger partial charge in [-0.2, -0.15) is 0 Å². The third-order valence-electron chi connectivity index (χ3n) is 6.49. The highest BCUT2D eigenvalue weighted by Crippen LogP contribution is 2.23. The van der Waals surface area contributed by atoms with Crippen LogP contribution in [0.2, 0.25) is 0 Å². The van der Waals surface area contributed by atoms with Crippen LogP contribution < -0.4 is 5.32 Å². The molecule has 4 nitrogen and oxygen atoms in total. The Morgan fingerprint density at radius 3 is 2.07 bits per heavy atom. The van der Waals surface area contributed by atoms with Crippen LogP contribution in [0.1, 0.15) is 117 Å². The van der Waals surface area contributed by atoms with Crippen LogP contribution in [-0.4, -0.2) is 36.3 Å². The van der Waals surface area contributed by atoms with E-state index in [0.717, 1.165) is 18.9 Å². The SMILES string of the molecule is CCCCCCCCC(CCCCC)CCCCNC(=O)C1CC(=O)N(CC)C1. The predicted molar refractivity (Wildman–Crippen MR) is 123 cm³/mol. The minimum Gasteiger partial charge on any atom is -0.356 e. The molecule has 29 heavy (non-hydrogen) atoms. The van der Waals surface area contributed by atoms with E-state index in [1.165, 1.54) is 83.5 Å². The molecule has 0 saturated carbocycles. The molecule has 0 radical (unpaired) electrons. The summed E-state index contributed by atoms with van der Waals surface area (Å²) in [4.78, 5) is 25.9. The van der Waals surface area contributed by atoms with Crippen LogP contribution in [0, 0.1) is 11.8 Å². The average molecular weight is 409 g/mol. The van der Waals surface area contributed by atoms with E-state index in [0.29, 0.717) is 19.5 Å². The van der Waals surface area contributed by atoms with Crippen molar-refractivity contribution in [2.75, 3.05) is 19.6 Å². The Morgan fingerprint density at radius 2 is 1.45 bits per heavy atom. The van der Waals surface area contributed by atoms with Gasteiger partial charge >= 0.3 is 0 Å². The van der Waals surface area contributed by atoms with Crippen LogP contribution >= 0.6 is 0 Å². The van der Waals surface area contributed by atoms with E-state index < -0.39 is 0 Å². The molecule has 1 saturated heterocycles. The van der Waals surface area contributed by atoms with E-state index in [1.54, 1.807) is 4.90 Å². The highest BCUT2D eigenvalue weighted by atomic mass is 16.2. The molecule has 2 amide bonds. The van der Waals surface area contributed by atoms with E-state index in [2.05, 4.69) is 19.2 Å². The predicted octanol–water partition coefficient (Wildman–Crippen LogP) is 6.09. The van der Waals surface area contributed by atoms with Crippen molar-refractivity contribution >= 4 is 11.8 Å². The van der Waals surface area contributed by atoms with Crippen LogP contribution in [-0.2, 0) is 9.59 Å². The van der Waals surface area contributed by atoms with Gasteiger partial charge in [0.2, 0.25) is 11.8 Å². The molecule has 0 aromatic rings. The first-order chi connectivity index (χ1) is 14.1. The van der Waals surface area contributed by atoms with E-state index in [4.69, 9.17) is 0 Å². The maximum atomic E-state index is 12.3. The molecule has 0 bridgehead atoms. The first-order valence-electron chi connectivity index (χ1n) is 12.7. The second-order valence-electron chi connectivity index (χ2n) is 9.04. The van der Waals surface area contributed by atoms with Crippen LogP contribution in [0.25, 0.3) is 0 Å². The molecule has 1 aliphatic rings. The van der Waals surface area contributed by atoms with Gasteiger partial charge in [-0.3, -0.25) is 9.59 Å². The lowest BCUT2D eigenvalue weighted by molar-refractivity contribution is -0.128. The van der Waals surface area contributed by atoms with Gasteiger partial charge in [-0.15, -0.1) is 0 Å². The number of nitrogens with one attached hydrogen (secondary N) is 1. The number of likely N-dealkylation sites (tertiary alicyclic amines) is 1. The summed E-state index contributed by atoms with van der Waals surface area (Å²) < 4.78 is 0. The summed E-state index contributed by atoms with van der Waals surface area (Å²) in [7, 11) is 0. The minimum atomic E-state index is -0.142. The van der Waals surface area contributed by atoms with Crippen LogP contribution in [0.15, 0.2) is 0 Å². The summed E-state index contributed by atoms with van der Waals surface area (Å²) >= 11 is 0. The fourth-order valence-corrected chi connectivity index (χ4v) is 4.50. The van der Waals surface area contributed by atoms with Crippen LogP contribution in [0.3, 0.4) is 0 Å². The van der Waals surface area contributed by atoms with Crippen molar-refractivity contribution in [2.24, 2.45) is 11.8 Å². The van der Waals surface area contributed by atoms with Crippen molar-refractivity contribution in [2.45, 2.75) is 117 Å². The minimum absolute atomic E-state index is 0.0703.